The average molecular weight is 718 g/mol. The van der Waals surface area contributed by atoms with E-state index in [-0.39, 0.29) is 30.2 Å². The predicted octanol–water partition coefficient (Wildman–Crippen LogP) is 5.51. The van der Waals surface area contributed by atoms with E-state index >= 15 is 0 Å². The summed E-state index contributed by atoms with van der Waals surface area (Å²) in [7, 11) is 0. The van der Waals surface area contributed by atoms with Gasteiger partial charge in [0.1, 0.15) is 12.1 Å². The van der Waals surface area contributed by atoms with Gasteiger partial charge in [-0.3, -0.25) is 19.2 Å². The van der Waals surface area contributed by atoms with E-state index in [1.807, 2.05) is 76.2 Å². The molecule has 3 unspecified atom stereocenters. The molecule has 1 heterocycles. The maximum atomic E-state index is 13.8. The standard InChI is InChI=1S/C39H44ClN3O8/c1-24(2)20-31(43-38(49)51-34(26-14-9-6-10-15-26)39(3,4)28-16-11-17-29(40)22-28)36(47)42-30(21-27-18-19-41-35(27)46)32(44)23-50-37(48)33(45)25-12-7-5-8-13-25/h5-17,22,24,27,30-31,34H,18-21,23H2,1-4H3,(H,41,46)(H,42,47)(H,43,49)/t27-,30?,31?,34?/m0/s1. The molecule has 51 heavy (non-hydrogen) atoms. The average Bonchev–Trinajstić information content (AvgIpc) is 3.52. The minimum absolute atomic E-state index is 0.0615. The smallest absolute Gasteiger partial charge is 0.408 e. The van der Waals surface area contributed by atoms with Crippen LogP contribution in [0.4, 0.5) is 4.79 Å². The van der Waals surface area contributed by atoms with Gasteiger partial charge in [-0.2, -0.15) is 0 Å². The molecule has 11 nitrogen and oxygen atoms in total. The number of benzene rings is 3. The Balaban J connectivity index is 1.51. The summed E-state index contributed by atoms with van der Waals surface area (Å²) in [5, 5.41) is 8.61. The summed E-state index contributed by atoms with van der Waals surface area (Å²) >= 11 is 6.31. The lowest BCUT2D eigenvalue weighted by atomic mass is 9.76. The van der Waals surface area contributed by atoms with E-state index in [9.17, 15) is 28.8 Å². The van der Waals surface area contributed by atoms with Crippen molar-refractivity contribution in [1.82, 2.24) is 16.0 Å². The van der Waals surface area contributed by atoms with Gasteiger partial charge in [-0.25, -0.2) is 9.59 Å². The highest BCUT2D eigenvalue weighted by Crippen LogP contribution is 2.40. The molecule has 3 N–H and O–H groups in total. The van der Waals surface area contributed by atoms with Crippen LogP contribution in [0.2, 0.25) is 5.02 Å². The first-order chi connectivity index (χ1) is 24.3. The number of hydrogen-bond donors (Lipinski definition) is 3. The van der Waals surface area contributed by atoms with Crippen LogP contribution in [0, 0.1) is 11.8 Å². The number of Topliss-reactive ketones (excluding diaryl/α,β-unsaturated/α-hetero) is 2. The fourth-order valence-corrected chi connectivity index (χ4v) is 6.18. The van der Waals surface area contributed by atoms with Crippen molar-refractivity contribution in [1.29, 1.82) is 0 Å². The quantitative estimate of drug-likeness (QED) is 0.0996. The molecule has 0 bridgehead atoms. The Morgan fingerprint density at radius 2 is 1.57 bits per heavy atom. The first kappa shape index (κ1) is 38.8. The van der Waals surface area contributed by atoms with Crippen molar-refractivity contribution in [2.45, 2.75) is 70.6 Å². The minimum Gasteiger partial charge on any atom is -0.452 e. The number of hydrogen-bond acceptors (Lipinski definition) is 8. The van der Waals surface area contributed by atoms with E-state index in [0.29, 0.717) is 18.0 Å². The molecule has 1 saturated heterocycles. The Morgan fingerprint density at radius 3 is 2.18 bits per heavy atom. The van der Waals surface area contributed by atoms with Crippen LogP contribution in [0.3, 0.4) is 0 Å². The topological polar surface area (TPSA) is 157 Å². The number of carbonyl (C=O) groups excluding carboxylic acids is 6. The molecule has 3 amide bonds. The first-order valence-corrected chi connectivity index (χ1v) is 17.3. The minimum atomic E-state index is -1.25. The van der Waals surface area contributed by atoms with Crippen LogP contribution >= 0.6 is 11.6 Å². The van der Waals surface area contributed by atoms with Gasteiger partial charge in [-0.1, -0.05) is 112 Å². The molecular formula is C39H44ClN3O8. The molecule has 270 valence electrons. The van der Waals surface area contributed by atoms with Crippen molar-refractivity contribution < 1.29 is 38.2 Å². The summed E-state index contributed by atoms with van der Waals surface area (Å²) in [4.78, 5) is 78.2. The summed E-state index contributed by atoms with van der Waals surface area (Å²) in [5.74, 6) is -4.46. The Bertz CT molecular complexity index is 1710. The summed E-state index contributed by atoms with van der Waals surface area (Å²) < 4.78 is 11.1. The molecule has 1 aliphatic rings. The van der Waals surface area contributed by atoms with E-state index in [0.717, 1.165) is 11.1 Å². The Kier molecular flexibility index (Phi) is 13.5. The third kappa shape index (κ3) is 10.7. The molecule has 0 radical (unpaired) electrons. The number of esters is 1. The molecule has 1 fully saturated rings. The van der Waals surface area contributed by atoms with Crippen molar-refractivity contribution in [3.05, 3.63) is 107 Å². The van der Waals surface area contributed by atoms with Crippen LogP contribution in [0.1, 0.15) is 74.5 Å². The molecule has 4 atom stereocenters. The summed E-state index contributed by atoms with van der Waals surface area (Å²) in [6.07, 6.45) is -1.08. The van der Waals surface area contributed by atoms with Crippen molar-refractivity contribution in [2.24, 2.45) is 11.8 Å². The molecule has 4 rings (SSSR count). The zero-order chi connectivity index (χ0) is 37.1. The van der Waals surface area contributed by atoms with Gasteiger partial charge in [0.2, 0.25) is 11.8 Å². The van der Waals surface area contributed by atoms with Crippen LogP contribution in [0.25, 0.3) is 0 Å². The van der Waals surface area contributed by atoms with Crippen molar-refractivity contribution in [3.8, 4) is 0 Å². The maximum absolute atomic E-state index is 13.8. The number of rotatable bonds is 16. The fourth-order valence-electron chi connectivity index (χ4n) is 5.99. The number of alkyl carbamates (subject to hydrolysis) is 1. The van der Waals surface area contributed by atoms with Crippen LogP contribution in [0.5, 0.6) is 0 Å². The van der Waals surface area contributed by atoms with Crippen LogP contribution in [-0.4, -0.2) is 60.7 Å². The second-order valence-corrected chi connectivity index (χ2v) is 14.0. The lowest BCUT2D eigenvalue weighted by Crippen LogP contribution is -2.53. The third-order valence-electron chi connectivity index (χ3n) is 8.82. The van der Waals surface area contributed by atoms with Crippen molar-refractivity contribution in [3.63, 3.8) is 0 Å². The number of amides is 3. The second kappa shape index (κ2) is 17.8. The Labute approximate surface area is 302 Å². The van der Waals surface area contributed by atoms with Gasteiger partial charge in [-0.15, -0.1) is 0 Å². The molecule has 0 spiro atoms. The molecular weight excluding hydrogens is 674 g/mol. The molecule has 0 saturated carbocycles. The van der Waals surface area contributed by atoms with Crippen LogP contribution in [0.15, 0.2) is 84.9 Å². The fraction of sp³-hybridized carbons (Fsp3) is 0.385. The summed E-state index contributed by atoms with van der Waals surface area (Å²) in [5.41, 5.74) is 0.903. The van der Waals surface area contributed by atoms with E-state index in [4.69, 9.17) is 21.1 Å². The zero-order valence-corrected chi connectivity index (χ0v) is 29.9. The van der Waals surface area contributed by atoms with E-state index in [1.54, 1.807) is 24.3 Å². The largest absolute Gasteiger partial charge is 0.452 e. The number of carbonyl (C=O) groups is 6. The van der Waals surface area contributed by atoms with Gasteiger partial charge >= 0.3 is 12.1 Å². The second-order valence-electron chi connectivity index (χ2n) is 13.6. The van der Waals surface area contributed by atoms with Gasteiger partial charge in [0.15, 0.2) is 12.4 Å². The highest BCUT2D eigenvalue weighted by atomic mass is 35.5. The number of halogens is 1. The first-order valence-electron chi connectivity index (χ1n) is 16.9. The normalized spacial score (nSPS) is 16.0. The zero-order valence-electron chi connectivity index (χ0n) is 29.1. The van der Waals surface area contributed by atoms with Crippen LogP contribution in [-0.2, 0) is 34.1 Å². The molecule has 0 aliphatic carbocycles. The molecule has 1 aliphatic heterocycles. The number of ether oxygens (including phenoxy) is 2. The monoisotopic (exact) mass is 717 g/mol. The Morgan fingerprint density at radius 1 is 0.902 bits per heavy atom. The molecule has 12 heteroatoms. The molecule has 3 aromatic rings. The molecule has 0 aromatic heterocycles. The highest BCUT2D eigenvalue weighted by molar-refractivity contribution is 6.40. The molecule has 3 aromatic carbocycles. The van der Waals surface area contributed by atoms with Gasteiger partial charge in [0.05, 0.1) is 6.04 Å². The highest BCUT2D eigenvalue weighted by Gasteiger charge is 2.38. The van der Waals surface area contributed by atoms with Gasteiger partial charge in [0.25, 0.3) is 5.78 Å². The number of nitrogens with one attached hydrogen (secondary N) is 3. The van der Waals surface area contributed by atoms with E-state index < -0.39 is 65.7 Å². The van der Waals surface area contributed by atoms with E-state index in [2.05, 4.69) is 16.0 Å². The van der Waals surface area contributed by atoms with Crippen molar-refractivity contribution in [2.75, 3.05) is 13.2 Å². The van der Waals surface area contributed by atoms with Gasteiger partial charge < -0.3 is 25.4 Å². The summed E-state index contributed by atoms with van der Waals surface area (Å²) in [6, 6.07) is 21.9. The predicted molar refractivity (Wildman–Crippen MR) is 191 cm³/mol. The number of ketones is 2. The van der Waals surface area contributed by atoms with Crippen LogP contribution < -0.4 is 16.0 Å². The maximum Gasteiger partial charge on any atom is 0.408 e. The Hall–Kier alpha value is -5.03. The third-order valence-corrected chi connectivity index (χ3v) is 9.06. The van der Waals surface area contributed by atoms with E-state index in [1.165, 1.54) is 12.1 Å². The van der Waals surface area contributed by atoms with Crippen molar-refractivity contribution >= 4 is 47.0 Å². The SMILES string of the molecule is CC(C)CC(NC(=O)OC(c1ccccc1)C(C)(C)c1cccc(Cl)c1)C(=O)NC(C[C@@H]1CCNC1=O)C(=O)COC(=O)C(=O)c1ccccc1. The lowest BCUT2D eigenvalue weighted by Gasteiger charge is -2.35. The van der Waals surface area contributed by atoms with Gasteiger partial charge in [-0.05, 0) is 48.4 Å². The van der Waals surface area contributed by atoms with Gasteiger partial charge in [0, 0.05) is 28.5 Å². The lowest BCUT2D eigenvalue weighted by molar-refractivity contribution is -0.144. The summed E-state index contributed by atoms with van der Waals surface area (Å²) in [6.45, 7) is 7.21.